The number of benzene rings is 9. The molecule has 0 saturated heterocycles. The fourth-order valence-electron chi connectivity index (χ4n) is 11.2. The van der Waals surface area contributed by atoms with Crippen LogP contribution in [-0.4, -0.2) is 4.57 Å². The Labute approximate surface area is 369 Å². The number of anilines is 3. The minimum absolute atomic E-state index is 0.119. The zero-order valence-corrected chi connectivity index (χ0v) is 35.4. The van der Waals surface area contributed by atoms with Gasteiger partial charge in [0.15, 0.2) is 0 Å². The number of para-hydroxylation sites is 1. The van der Waals surface area contributed by atoms with E-state index in [0.29, 0.717) is 0 Å². The Hall–Kier alpha value is -7.27. The van der Waals surface area contributed by atoms with Gasteiger partial charge in [-0.3, -0.25) is 0 Å². The summed E-state index contributed by atoms with van der Waals surface area (Å²) in [5.74, 6) is -0.239. The first-order valence-corrected chi connectivity index (χ1v) is 22.9. The van der Waals surface area contributed by atoms with E-state index in [4.69, 9.17) is 0 Å². The van der Waals surface area contributed by atoms with Gasteiger partial charge in [-0.2, -0.15) is 0 Å². The summed E-state index contributed by atoms with van der Waals surface area (Å²) in [5, 5.41) is 4.78. The van der Waals surface area contributed by atoms with Crippen LogP contribution >= 0.6 is 11.3 Å². The molecule has 0 radical (unpaired) electrons. The summed E-state index contributed by atoms with van der Waals surface area (Å²) in [5.41, 5.74) is 16.8. The maximum Gasteiger partial charge on any atom is 0.125 e. The Morgan fingerprint density at radius 1 is 0.444 bits per heavy atom. The molecule has 2 aliphatic carbocycles. The van der Waals surface area contributed by atoms with Crippen LogP contribution < -0.4 is 4.90 Å². The highest BCUT2D eigenvalue weighted by molar-refractivity contribution is 7.26. The minimum atomic E-state index is -0.239. The lowest BCUT2D eigenvalue weighted by molar-refractivity contribution is 0.550. The fraction of sp³-hybridized carbons (Fsp3) is 0.0847. The highest BCUT2D eigenvalue weighted by Gasteiger charge is 2.45. The van der Waals surface area contributed by atoms with Gasteiger partial charge in [0.1, 0.15) is 5.82 Å². The number of aromatic nitrogens is 1. The van der Waals surface area contributed by atoms with Gasteiger partial charge in [0.05, 0.1) is 11.0 Å². The summed E-state index contributed by atoms with van der Waals surface area (Å²) in [6.45, 7) is 0. The van der Waals surface area contributed by atoms with Crippen LogP contribution in [0.1, 0.15) is 36.8 Å². The van der Waals surface area contributed by atoms with E-state index in [-0.39, 0.29) is 11.2 Å². The third-order valence-corrected chi connectivity index (χ3v) is 15.2. The predicted molar refractivity (Wildman–Crippen MR) is 264 cm³/mol. The molecule has 300 valence electrons. The summed E-state index contributed by atoms with van der Waals surface area (Å²) in [4.78, 5) is 2.42. The number of hydrogen-bond donors (Lipinski definition) is 0. The van der Waals surface area contributed by atoms with E-state index in [1.807, 2.05) is 29.5 Å². The smallest absolute Gasteiger partial charge is 0.125 e. The minimum Gasteiger partial charge on any atom is -0.310 e. The van der Waals surface area contributed by atoms with Gasteiger partial charge >= 0.3 is 0 Å². The zero-order chi connectivity index (χ0) is 41.6. The van der Waals surface area contributed by atoms with E-state index in [1.54, 1.807) is 12.1 Å². The van der Waals surface area contributed by atoms with E-state index in [1.165, 1.54) is 79.2 Å². The highest BCUT2D eigenvalue weighted by Crippen LogP contribution is 2.58. The number of fused-ring (bicyclic) bond motifs is 11. The molecule has 1 saturated carbocycles. The Bertz CT molecular complexity index is 3590. The Kier molecular flexibility index (Phi) is 8.16. The van der Waals surface area contributed by atoms with Gasteiger partial charge in [0, 0.05) is 59.1 Å². The monoisotopic (exact) mass is 828 g/mol. The summed E-state index contributed by atoms with van der Waals surface area (Å²) in [7, 11) is 0. The lowest BCUT2D eigenvalue weighted by atomic mass is 9.77. The number of rotatable bonds is 6. The number of thiophene rings is 1. The SMILES string of the molecule is Fc1ccc2c3ccccc3n(-c3cccc(-c4ccc(N(c5ccc(-c6cccc7c6sc6ccccc67)cc5)c5ccc6c(c5)-c5ccccc5C65CCCC5)cc4)c3)c2c1. The average molecular weight is 829 g/mol. The van der Waals surface area contributed by atoms with Crippen LogP contribution in [0.2, 0.25) is 0 Å². The van der Waals surface area contributed by atoms with E-state index in [2.05, 4.69) is 179 Å². The molecular formula is C59H41FN2S. The van der Waals surface area contributed by atoms with Crippen molar-refractivity contribution < 1.29 is 4.39 Å². The fourth-order valence-corrected chi connectivity index (χ4v) is 12.4. The number of hydrogen-bond acceptors (Lipinski definition) is 2. The van der Waals surface area contributed by atoms with Crippen LogP contribution in [0.5, 0.6) is 0 Å². The van der Waals surface area contributed by atoms with Gasteiger partial charge in [0.2, 0.25) is 0 Å². The van der Waals surface area contributed by atoms with Crippen molar-refractivity contribution in [1.29, 1.82) is 0 Å². The van der Waals surface area contributed by atoms with Gasteiger partial charge in [-0.05, 0) is 136 Å². The lowest BCUT2D eigenvalue weighted by Crippen LogP contribution is -2.20. The molecule has 0 bridgehead atoms. The van der Waals surface area contributed by atoms with Crippen molar-refractivity contribution in [2.24, 2.45) is 0 Å². The maximum atomic E-state index is 14.7. The van der Waals surface area contributed by atoms with Crippen LogP contribution in [0, 0.1) is 5.82 Å². The summed E-state index contributed by atoms with van der Waals surface area (Å²) in [6.07, 6.45) is 4.97. The maximum absolute atomic E-state index is 14.7. The highest BCUT2D eigenvalue weighted by atomic mass is 32.1. The zero-order valence-electron chi connectivity index (χ0n) is 34.6. The number of halogens is 1. The molecule has 2 aliphatic rings. The Morgan fingerprint density at radius 3 is 1.94 bits per heavy atom. The van der Waals surface area contributed by atoms with Crippen molar-refractivity contribution in [3.63, 3.8) is 0 Å². The van der Waals surface area contributed by atoms with Crippen LogP contribution in [0.3, 0.4) is 0 Å². The van der Waals surface area contributed by atoms with Crippen LogP contribution in [0.4, 0.5) is 21.5 Å². The molecule has 0 unspecified atom stereocenters. The molecular weight excluding hydrogens is 788 g/mol. The third-order valence-electron chi connectivity index (χ3n) is 14.0. The number of nitrogens with zero attached hydrogens (tertiary/aromatic N) is 2. The topological polar surface area (TPSA) is 8.17 Å². The molecule has 2 aromatic heterocycles. The quantitative estimate of drug-likeness (QED) is 0.162. The van der Waals surface area contributed by atoms with Gasteiger partial charge in [-0.15, -0.1) is 11.3 Å². The molecule has 0 N–H and O–H groups in total. The predicted octanol–water partition coefficient (Wildman–Crippen LogP) is 16.9. The summed E-state index contributed by atoms with van der Waals surface area (Å²) >= 11 is 1.87. The second-order valence-electron chi connectivity index (χ2n) is 17.3. The largest absolute Gasteiger partial charge is 0.310 e. The van der Waals surface area contributed by atoms with Crippen LogP contribution in [-0.2, 0) is 5.41 Å². The van der Waals surface area contributed by atoms with E-state index in [9.17, 15) is 4.39 Å². The molecule has 2 nitrogen and oxygen atoms in total. The lowest BCUT2D eigenvalue weighted by Gasteiger charge is -2.29. The second kappa shape index (κ2) is 14.1. The third kappa shape index (κ3) is 5.61. The standard InChI is InChI=1S/C59H41FN2S/c60-41-25-31-49-48-14-2-5-19-55(48)62(56(49)36-41)44-12-9-11-40(35-44)38-21-26-42(27-22-38)61(45-30-32-54-52(37-45)47-13-1-4-18-53(47)59(54)33-7-8-34-59)43-28-23-39(24-29-43)46-16-10-17-51-50-15-3-6-20-57(50)63-58(46)51/h1-6,9-32,35-37H,7-8,33-34H2. The van der Waals surface area contributed by atoms with Crippen molar-refractivity contribution in [2.75, 3.05) is 4.90 Å². The summed E-state index contributed by atoms with van der Waals surface area (Å²) < 4.78 is 19.6. The Balaban J connectivity index is 0.920. The van der Waals surface area contributed by atoms with Crippen molar-refractivity contribution in [2.45, 2.75) is 31.1 Å². The second-order valence-corrected chi connectivity index (χ2v) is 18.4. The molecule has 13 rings (SSSR count). The molecule has 2 heterocycles. The molecule has 0 amide bonds. The van der Waals surface area contributed by atoms with E-state index >= 15 is 0 Å². The van der Waals surface area contributed by atoms with Gasteiger partial charge in [0.25, 0.3) is 0 Å². The van der Waals surface area contributed by atoms with Crippen molar-refractivity contribution >= 4 is 70.4 Å². The summed E-state index contributed by atoms with van der Waals surface area (Å²) in [6, 6.07) is 71.9. The van der Waals surface area contributed by atoms with Gasteiger partial charge in [-0.25, -0.2) is 4.39 Å². The van der Waals surface area contributed by atoms with Crippen molar-refractivity contribution in [3.8, 4) is 39.1 Å². The first kappa shape index (κ1) is 36.4. The van der Waals surface area contributed by atoms with Crippen LogP contribution in [0.15, 0.2) is 200 Å². The van der Waals surface area contributed by atoms with E-state index < -0.39 is 0 Å². The Morgan fingerprint density at radius 2 is 1.10 bits per heavy atom. The molecule has 1 spiro atoms. The average Bonchev–Trinajstić information content (AvgIpc) is 4.12. The molecule has 11 aromatic rings. The van der Waals surface area contributed by atoms with Gasteiger partial charge < -0.3 is 9.47 Å². The van der Waals surface area contributed by atoms with E-state index in [0.717, 1.165) is 55.7 Å². The van der Waals surface area contributed by atoms with Crippen molar-refractivity contribution in [1.82, 2.24) is 4.57 Å². The first-order chi connectivity index (χ1) is 31.1. The molecule has 0 atom stereocenters. The molecule has 0 aliphatic heterocycles. The molecule has 1 fully saturated rings. The van der Waals surface area contributed by atoms with Crippen LogP contribution in [0.25, 0.3) is 81.0 Å². The molecule has 63 heavy (non-hydrogen) atoms. The molecule has 9 aromatic carbocycles. The van der Waals surface area contributed by atoms with Gasteiger partial charge in [-0.1, -0.05) is 134 Å². The first-order valence-electron chi connectivity index (χ1n) is 22.1. The van der Waals surface area contributed by atoms with Crippen molar-refractivity contribution in [3.05, 3.63) is 217 Å². The normalized spacial score (nSPS) is 14.0. The molecule has 4 heteroatoms.